The number of ether oxygens (including phenoxy) is 3. The number of anilines is 1. The highest BCUT2D eigenvalue weighted by Crippen LogP contribution is 2.30. The number of hydrogen-bond donors (Lipinski definition) is 3. The van der Waals surface area contributed by atoms with Gasteiger partial charge in [-0.15, -0.1) is 0 Å². The van der Waals surface area contributed by atoms with Crippen LogP contribution in [0.15, 0.2) is 41.5 Å². The Balaban J connectivity index is 1.83. The van der Waals surface area contributed by atoms with E-state index in [4.69, 9.17) is 37.4 Å². The molecule has 0 unspecified atom stereocenters. The maximum absolute atomic E-state index is 12.2. The summed E-state index contributed by atoms with van der Waals surface area (Å²) in [5.74, 6) is -1.49. The van der Waals surface area contributed by atoms with E-state index >= 15 is 0 Å². The predicted octanol–water partition coefficient (Wildman–Crippen LogP) is 3.40. The van der Waals surface area contributed by atoms with Crippen molar-refractivity contribution in [2.45, 2.75) is 26.4 Å². The number of methoxy groups -OCH3 is 1. The lowest BCUT2D eigenvalue weighted by molar-refractivity contribution is -0.139. The van der Waals surface area contributed by atoms with Gasteiger partial charge in [-0.1, -0.05) is 29.3 Å². The first-order valence-electron chi connectivity index (χ1n) is 11.0. The summed E-state index contributed by atoms with van der Waals surface area (Å²) in [5, 5.41) is 9.43. The zero-order chi connectivity index (χ0) is 26.5. The van der Waals surface area contributed by atoms with Gasteiger partial charge in [0, 0.05) is 13.2 Å². The fraction of sp³-hybridized carbons (Fsp3) is 0.333. The second-order valence-corrected chi connectivity index (χ2v) is 8.36. The molecule has 0 heterocycles. The maximum atomic E-state index is 12.2. The average molecular weight is 539 g/mol. The summed E-state index contributed by atoms with van der Waals surface area (Å²) in [4.78, 5) is 35.8. The molecule has 0 aliphatic heterocycles. The van der Waals surface area contributed by atoms with Gasteiger partial charge in [-0.3, -0.25) is 14.4 Å². The molecule has 0 atom stereocenters. The van der Waals surface area contributed by atoms with Crippen molar-refractivity contribution in [1.82, 2.24) is 10.7 Å². The third-order valence-corrected chi connectivity index (χ3v) is 5.23. The summed E-state index contributed by atoms with van der Waals surface area (Å²) in [6.45, 7) is 4.33. The Hall–Kier alpha value is -3.34. The Morgan fingerprint density at radius 1 is 1.08 bits per heavy atom. The molecule has 0 radical (unpaired) electrons. The molecular formula is C24H28Cl2N4O6. The highest BCUT2D eigenvalue weighted by molar-refractivity contribution is 6.44. The van der Waals surface area contributed by atoms with E-state index < -0.39 is 17.7 Å². The highest BCUT2D eigenvalue weighted by Gasteiger charge is 2.13. The number of benzene rings is 2. The summed E-state index contributed by atoms with van der Waals surface area (Å²) in [6.07, 6.45) is 2.03. The van der Waals surface area contributed by atoms with Crippen LogP contribution in [-0.4, -0.2) is 56.9 Å². The van der Waals surface area contributed by atoms with Gasteiger partial charge in [-0.25, -0.2) is 5.43 Å². The molecule has 0 saturated carbocycles. The van der Waals surface area contributed by atoms with Crippen molar-refractivity contribution in [2.24, 2.45) is 5.10 Å². The number of hydrazone groups is 1. The minimum atomic E-state index is -0.895. The van der Waals surface area contributed by atoms with E-state index in [0.717, 1.165) is 0 Å². The van der Waals surface area contributed by atoms with Crippen LogP contribution in [0, 0.1) is 0 Å². The number of nitrogens with zero attached hydrogens (tertiary/aromatic N) is 1. The minimum Gasteiger partial charge on any atom is -0.493 e. The van der Waals surface area contributed by atoms with Crippen LogP contribution in [0.25, 0.3) is 0 Å². The summed E-state index contributed by atoms with van der Waals surface area (Å²) >= 11 is 12.0. The van der Waals surface area contributed by atoms with E-state index in [-0.39, 0.29) is 17.7 Å². The topological polar surface area (TPSA) is 127 Å². The molecule has 2 aromatic rings. The first kappa shape index (κ1) is 28.9. The first-order chi connectivity index (χ1) is 17.2. The average Bonchev–Trinajstić information content (AvgIpc) is 2.85. The number of carbonyl (C=O) groups excluding carboxylic acids is 3. The molecule has 36 heavy (non-hydrogen) atoms. The minimum absolute atomic E-state index is 0.108. The van der Waals surface area contributed by atoms with Crippen LogP contribution < -0.4 is 25.5 Å². The lowest BCUT2D eigenvalue weighted by Crippen LogP contribution is -2.38. The molecular weight excluding hydrogens is 511 g/mol. The van der Waals surface area contributed by atoms with Crippen LogP contribution in [0.4, 0.5) is 5.69 Å². The van der Waals surface area contributed by atoms with Crippen LogP contribution in [-0.2, 0) is 19.1 Å². The number of amides is 3. The molecule has 0 aliphatic rings. The summed E-state index contributed by atoms with van der Waals surface area (Å²) in [6, 6.07) is 9.68. The van der Waals surface area contributed by atoms with Crippen molar-refractivity contribution in [2.75, 3.05) is 32.2 Å². The SMILES string of the molecule is COc1cc(/C=N\NC(=O)C(=O)NCCCOC(C)C)ccc1OCC(=O)Nc1cccc(Cl)c1Cl. The molecule has 0 saturated heterocycles. The van der Waals surface area contributed by atoms with E-state index in [9.17, 15) is 14.4 Å². The molecule has 3 amide bonds. The second-order valence-electron chi connectivity index (χ2n) is 7.58. The zero-order valence-electron chi connectivity index (χ0n) is 20.1. The normalized spacial score (nSPS) is 10.8. The Labute approximate surface area is 219 Å². The Morgan fingerprint density at radius 2 is 1.86 bits per heavy atom. The second kappa shape index (κ2) is 14.9. The fourth-order valence-electron chi connectivity index (χ4n) is 2.70. The van der Waals surface area contributed by atoms with Crippen molar-refractivity contribution in [3.63, 3.8) is 0 Å². The number of halogens is 2. The number of nitrogens with one attached hydrogen (secondary N) is 3. The molecule has 0 fully saturated rings. The van der Waals surface area contributed by atoms with E-state index in [1.54, 1.807) is 36.4 Å². The zero-order valence-corrected chi connectivity index (χ0v) is 21.6. The van der Waals surface area contributed by atoms with Gasteiger partial charge in [-0.05, 0) is 56.2 Å². The van der Waals surface area contributed by atoms with Gasteiger partial charge < -0.3 is 24.8 Å². The number of carbonyl (C=O) groups is 3. The monoisotopic (exact) mass is 538 g/mol. The van der Waals surface area contributed by atoms with Gasteiger partial charge in [0.1, 0.15) is 0 Å². The standard InChI is InChI=1S/C24H28Cl2N4O6/c1-15(2)35-11-5-10-27-23(32)24(33)30-28-13-16-8-9-19(20(12-16)34-3)36-14-21(31)29-18-7-4-6-17(25)22(18)26/h4,6-9,12-13,15H,5,10-11,14H2,1-3H3,(H,27,32)(H,29,31)(H,30,33)/b28-13-. The van der Waals surface area contributed by atoms with Crippen LogP contribution in [0.2, 0.25) is 10.0 Å². The van der Waals surface area contributed by atoms with Crippen LogP contribution >= 0.6 is 23.2 Å². The third-order valence-electron chi connectivity index (χ3n) is 4.42. The van der Waals surface area contributed by atoms with Gasteiger partial charge in [0.25, 0.3) is 5.91 Å². The predicted molar refractivity (Wildman–Crippen MR) is 138 cm³/mol. The molecule has 0 aliphatic carbocycles. The third kappa shape index (κ3) is 9.73. The Kier molecular flexibility index (Phi) is 12.0. The summed E-state index contributed by atoms with van der Waals surface area (Å²) < 4.78 is 16.2. The number of hydrogen-bond acceptors (Lipinski definition) is 7. The molecule has 0 bridgehead atoms. The Bertz CT molecular complexity index is 1090. The van der Waals surface area contributed by atoms with Crippen molar-refractivity contribution >= 4 is 52.8 Å². The molecule has 0 aromatic heterocycles. The molecule has 12 heteroatoms. The molecule has 2 aromatic carbocycles. The quantitative estimate of drug-likeness (QED) is 0.164. The largest absolute Gasteiger partial charge is 0.493 e. The van der Waals surface area contributed by atoms with Crippen LogP contribution in [0.3, 0.4) is 0 Å². The highest BCUT2D eigenvalue weighted by atomic mass is 35.5. The van der Waals surface area contributed by atoms with Crippen molar-refractivity contribution in [3.8, 4) is 11.5 Å². The molecule has 10 nitrogen and oxygen atoms in total. The van der Waals surface area contributed by atoms with Gasteiger partial charge in [-0.2, -0.15) is 5.10 Å². The molecule has 2 rings (SSSR count). The van der Waals surface area contributed by atoms with Gasteiger partial charge in [0.2, 0.25) is 0 Å². The van der Waals surface area contributed by atoms with E-state index in [1.807, 2.05) is 13.8 Å². The van der Waals surface area contributed by atoms with Crippen molar-refractivity contribution in [1.29, 1.82) is 0 Å². The van der Waals surface area contributed by atoms with E-state index in [0.29, 0.717) is 47.3 Å². The lowest BCUT2D eigenvalue weighted by atomic mass is 10.2. The molecule has 0 spiro atoms. The summed E-state index contributed by atoms with van der Waals surface area (Å²) in [5.41, 5.74) is 3.08. The van der Waals surface area contributed by atoms with E-state index in [2.05, 4.69) is 21.2 Å². The molecule has 194 valence electrons. The first-order valence-corrected chi connectivity index (χ1v) is 11.7. The maximum Gasteiger partial charge on any atom is 0.329 e. The summed E-state index contributed by atoms with van der Waals surface area (Å²) in [7, 11) is 1.44. The van der Waals surface area contributed by atoms with Gasteiger partial charge >= 0.3 is 11.8 Å². The van der Waals surface area contributed by atoms with Crippen molar-refractivity contribution < 1.29 is 28.6 Å². The lowest BCUT2D eigenvalue weighted by Gasteiger charge is -2.12. The van der Waals surface area contributed by atoms with Crippen LogP contribution in [0.1, 0.15) is 25.8 Å². The van der Waals surface area contributed by atoms with Crippen molar-refractivity contribution in [3.05, 3.63) is 52.0 Å². The smallest absolute Gasteiger partial charge is 0.329 e. The number of rotatable bonds is 12. The Morgan fingerprint density at radius 3 is 2.58 bits per heavy atom. The fourth-order valence-corrected chi connectivity index (χ4v) is 3.05. The molecule has 3 N–H and O–H groups in total. The van der Waals surface area contributed by atoms with Crippen LogP contribution in [0.5, 0.6) is 11.5 Å². The van der Waals surface area contributed by atoms with Gasteiger partial charge in [0.05, 0.1) is 35.2 Å². The van der Waals surface area contributed by atoms with Gasteiger partial charge in [0.15, 0.2) is 18.1 Å². The van der Waals surface area contributed by atoms with E-state index in [1.165, 1.54) is 13.3 Å².